The number of hydrogen-bond donors (Lipinski definition) is 2. The molecule has 0 unspecified atom stereocenters. The lowest BCUT2D eigenvalue weighted by Crippen LogP contribution is -2.26. The van der Waals surface area contributed by atoms with Crippen molar-refractivity contribution >= 4 is 15.9 Å². The van der Waals surface area contributed by atoms with E-state index in [4.69, 9.17) is 5.14 Å². The van der Waals surface area contributed by atoms with Gasteiger partial charge in [0.05, 0.1) is 5.56 Å². The van der Waals surface area contributed by atoms with Gasteiger partial charge in [0.25, 0.3) is 5.91 Å². The van der Waals surface area contributed by atoms with E-state index in [1.807, 2.05) is 0 Å². The van der Waals surface area contributed by atoms with Crippen LogP contribution in [0, 0.1) is 17.6 Å². The third-order valence-electron chi connectivity index (χ3n) is 3.34. The number of primary sulfonamides is 1. The Morgan fingerprint density at radius 2 is 1.95 bits per heavy atom. The zero-order valence-corrected chi connectivity index (χ0v) is 12.1. The van der Waals surface area contributed by atoms with Gasteiger partial charge in [-0.1, -0.05) is 12.8 Å². The highest BCUT2D eigenvalue weighted by Crippen LogP contribution is 2.33. The molecule has 0 radical (unpaired) electrons. The van der Waals surface area contributed by atoms with E-state index in [9.17, 15) is 22.0 Å². The van der Waals surface area contributed by atoms with Gasteiger partial charge in [-0.15, -0.1) is 0 Å². The molecule has 1 aromatic carbocycles. The maximum absolute atomic E-state index is 13.6. The van der Waals surface area contributed by atoms with Gasteiger partial charge < -0.3 is 5.32 Å². The molecule has 0 atom stereocenters. The zero-order chi connectivity index (χ0) is 15.6. The summed E-state index contributed by atoms with van der Waals surface area (Å²) in [5, 5.41) is 7.30. The van der Waals surface area contributed by atoms with Crippen molar-refractivity contribution in [1.82, 2.24) is 5.32 Å². The average molecular weight is 318 g/mol. The largest absolute Gasteiger partial charge is 0.352 e. The number of benzene rings is 1. The van der Waals surface area contributed by atoms with Crippen LogP contribution < -0.4 is 10.5 Å². The van der Waals surface area contributed by atoms with Gasteiger partial charge in [-0.25, -0.2) is 22.3 Å². The van der Waals surface area contributed by atoms with Crippen LogP contribution in [0.5, 0.6) is 0 Å². The van der Waals surface area contributed by atoms with Gasteiger partial charge in [0.15, 0.2) is 0 Å². The van der Waals surface area contributed by atoms with Crippen LogP contribution in [0.4, 0.5) is 8.78 Å². The maximum Gasteiger partial charge on any atom is 0.254 e. The molecule has 0 aliphatic heterocycles. The van der Waals surface area contributed by atoms with Crippen LogP contribution in [-0.4, -0.2) is 20.9 Å². The molecule has 1 fully saturated rings. The van der Waals surface area contributed by atoms with Crippen LogP contribution in [0.15, 0.2) is 17.0 Å². The Hall–Kier alpha value is -1.54. The lowest BCUT2D eigenvalue weighted by atomic mass is 10.2. The summed E-state index contributed by atoms with van der Waals surface area (Å²) in [6.07, 6.45) is 4.17. The van der Waals surface area contributed by atoms with Gasteiger partial charge >= 0.3 is 0 Å². The molecular formula is C13H16F2N2O3S. The molecule has 3 N–H and O–H groups in total. The smallest absolute Gasteiger partial charge is 0.254 e. The van der Waals surface area contributed by atoms with Gasteiger partial charge in [-0.2, -0.15) is 0 Å². The van der Waals surface area contributed by atoms with Crippen LogP contribution >= 0.6 is 0 Å². The van der Waals surface area contributed by atoms with Crippen molar-refractivity contribution in [2.45, 2.75) is 30.6 Å². The number of carbonyl (C=O) groups is 1. The number of carbonyl (C=O) groups excluding carboxylic acids is 1. The van der Waals surface area contributed by atoms with E-state index in [2.05, 4.69) is 5.32 Å². The van der Waals surface area contributed by atoms with Crippen molar-refractivity contribution in [2.75, 3.05) is 6.54 Å². The summed E-state index contributed by atoms with van der Waals surface area (Å²) in [6.45, 7) is 0.358. The normalized spacial score (nSPS) is 15.0. The van der Waals surface area contributed by atoms with Crippen molar-refractivity contribution in [2.24, 2.45) is 11.1 Å². The Morgan fingerprint density at radius 1 is 1.29 bits per heavy atom. The first-order valence-electron chi connectivity index (χ1n) is 6.59. The molecule has 2 rings (SSSR count). The molecule has 1 aromatic rings. The molecule has 0 aromatic heterocycles. The summed E-state index contributed by atoms with van der Waals surface area (Å²) >= 11 is 0. The van der Waals surface area contributed by atoms with Crippen molar-refractivity contribution < 1.29 is 22.0 Å². The third kappa shape index (κ3) is 4.21. The molecule has 0 heterocycles. The summed E-state index contributed by atoms with van der Waals surface area (Å²) < 4.78 is 49.3. The van der Waals surface area contributed by atoms with Crippen LogP contribution in [-0.2, 0) is 10.0 Å². The topological polar surface area (TPSA) is 89.3 Å². The number of nitrogens with one attached hydrogen (secondary N) is 1. The van der Waals surface area contributed by atoms with Gasteiger partial charge in [-0.3, -0.25) is 4.79 Å². The second kappa shape index (κ2) is 6.07. The molecule has 21 heavy (non-hydrogen) atoms. The SMILES string of the molecule is NS(=O)(=O)c1cc(C(=O)NCCCC2CC2)c(F)cc1F. The zero-order valence-electron chi connectivity index (χ0n) is 11.2. The highest BCUT2D eigenvalue weighted by Gasteiger charge is 2.22. The Bertz CT molecular complexity index is 658. The van der Waals surface area contributed by atoms with E-state index < -0.39 is 38.0 Å². The molecule has 116 valence electrons. The minimum absolute atomic E-state index is 0.346. The van der Waals surface area contributed by atoms with Crippen molar-refractivity contribution in [3.8, 4) is 0 Å². The van der Waals surface area contributed by atoms with E-state index in [0.29, 0.717) is 18.7 Å². The molecule has 1 saturated carbocycles. The minimum atomic E-state index is -4.36. The Labute approximate surface area is 121 Å². The summed E-state index contributed by atoms with van der Waals surface area (Å²) in [4.78, 5) is 10.9. The van der Waals surface area contributed by atoms with Crippen LogP contribution in [0.25, 0.3) is 0 Å². The predicted molar refractivity (Wildman–Crippen MR) is 72.0 cm³/mol. The van der Waals surface area contributed by atoms with Gasteiger partial charge in [0.1, 0.15) is 16.5 Å². The van der Waals surface area contributed by atoms with E-state index in [-0.39, 0.29) is 0 Å². The molecule has 0 saturated heterocycles. The van der Waals surface area contributed by atoms with Crippen molar-refractivity contribution in [3.05, 3.63) is 29.3 Å². The van der Waals surface area contributed by atoms with E-state index in [1.165, 1.54) is 12.8 Å². The minimum Gasteiger partial charge on any atom is -0.352 e. The first kappa shape index (κ1) is 15.8. The number of sulfonamides is 1. The second-order valence-electron chi connectivity index (χ2n) is 5.15. The standard InChI is InChI=1S/C13H16F2N2O3S/c14-10-7-11(15)12(21(16,19)20)6-9(10)13(18)17-5-1-2-8-3-4-8/h6-8H,1-5H2,(H,17,18)(H2,16,19,20). The molecule has 1 aliphatic carbocycles. The second-order valence-corrected chi connectivity index (χ2v) is 6.68. The molecule has 1 amide bonds. The quantitative estimate of drug-likeness (QED) is 0.780. The van der Waals surface area contributed by atoms with Crippen LogP contribution in [0.3, 0.4) is 0 Å². The molecule has 8 heteroatoms. The number of rotatable bonds is 6. The van der Waals surface area contributed by atoms with Crippen molar-refractivity contribution in [3.63, 3.8) is 0 Å². The Balaban J connectivity index is 2.08. The van der Waals surface area contributed by atoms with Crippen LogP contribution in [0.2, 0.25) is 0 Å². The summed E-state index contributed by atoms with van der Waals surface area (Å²) in [5.41, 5.74) is -0.535. The van der Waals surface area contributed by atoms with E-state index in [0.717, 1.165) is 18.8 Å². The highest BCUT2D eigenvalue weighted by molar-refractivity contribution is 7.89. The van der Waals surface area contributed by atoms with E-state index in [1.54, 1.807) is 0 Å². The monoisotopic (exact) mass is 318 g/mol. The van der Waals surface area contributed by atoms with Gasteiger partial charge in [0.2, 0.25) is 10.0 Å². The van der Waals surface area contributed by atoms with E-state index >= 15 is 0 Å². The Kier molecular flexibility index (Phi) is 4.58. The summed E-state index contributed by atoms with van der Waals surface area (Å²) in [5.74, 6) is -2.51. The first-order valence-corrected chi connectivity index (χ1v) is 8.13. The Morgan fingerprint density at radius 3 is 2.52 bits per heavy atom. The lowest BCUT2D eigenvalue weighted by Gasteiger charge is -2.08. The molecular weight excluding hydrogens is 302 g/mol. The molecule has 1 aliphatic rings. The predicted octanol–water partition coefficient (Wildman–Crippen LogP) is 1.53. The van der Waals surface area contributed by atoms with Gasteiger partial charge in [0, 0.05) is 12.6 Å². The maximum atomic E-state index is 13.6. The summed E-state index contributed by atoms with van der Waals surface area (Å²) in [7, 11) is -4.36. The first-order chi connectivity index (χ1) is 9.79. The molecule has 0 bridgehead atoms. The lowest BCUT2D eigenvalue weighted by molar-refractivity contribution is 0.0948. The fraction of sp³-hybridized carbons (Fsp3) is 0.462. The fourth-order valence-corrected chi connectivity index (χ4v) is 2.63. The summed E-state index contributed by atoms with van der Waals surface area (Å²) in [6, 6.07) is 0.967. The average Bonchev–Trinajstić information content (AvgIpc) is 3.16. The molecule has 0 spiro atoms. The number of halogens is 2. The van der Waals surface area contributed by atoms with Crippen LogP contribution in [0.1, 0.15) is 36.0 Å². The van der Waals surface area contributed by atoms with Gasteiger partial charge in [-0.05, 0) is 24.8 Å². The number of nitrogens with two attached hydrogens (primary N) is 1. The number of amides is 1. The third-order valence-corrected chi connectivity index (χ3v) is 4.27. The fourth-order valence-electron chi connectivity index (χ4n) is 2.02. The highest BCUT2D eigenvalue weighted by atomic mass is 32.2. The van der Waals surface area contributed by atoms with Crippen molar-refractivity contribution in [1.29, 1.82) is 0 Å². The molecule has 5 nitrogen and oxygen atoms in total. The number of hydrogen-bond acceptors (Lipinski definition) is 3.